The molecule has 0 unspecified atom stereocenters. The Labute approximate surface area is 723 Å². The zero-order chi connectivity index (χ0) is 87.4. The summed E-state index contributed by atoms with van der Waals surface area (Å²) in [5.41, 5.74) is 10.3. The molecule has 8 N–H and O–H groups in total. The summed E-state index contributed by atoms with van der Waals surface area (Å²) >= 11 is 0. The van der Waals surface area contributed by atoms with Crippen LogP contribution in [0.3, 0.4) is 0 Å². The third-order valence-electron chi connectivity index (χ3n) is 20.1. The molecular formula is C96H96Cl2F12N4O8P2. The summed E-state index contributed by atoms with van der Waals surface area (Å²) in [6.07, 6.45) is 0. The normalized spacial score (nSPS) is 12.2. The number of methoxy groups -OCH3 is 8. The average molecular weight is 1790 g/mol. The Balaban J connectivity index is 0.000000177. The van der Waals surface area contributed by atoms with Gasteiger partial charge in [-0.25, -0.2) is 0 Å². The van der Waals surface area contributed by atoms with Crippen LogP contribution in [0.15, 0.2) is 291 Å². The number of quaternary nitrogens is 4. The molecule has 0 heterocycles. The average Bonchev–Trinajstić information content (AvgIpc) is 0.825. The number of nitrogens with two attached hydrogens (primary N) is 4. The van der Waals surface area contributed by atoms with Crippen LogP contribution in [0.1, 0.15) is 44.5 Å². The Bertz CT molecular complexity index is 5290. The van der Waals surface area contributed by atoms with Crippen molar-refractivity contribution in [2.24, 2.45) is 0 Å². The van der Waals surface area contributed by atoms with Gasteiger partial charge < -0.3 is 84.0 Å². The summed E-state index contributed by atoms with van der Waals surface area (Å²) in [5.74, 6) is 6.62. The summed E-state index contributed by atoms with van der Waals surface area (Å²) < 4.78 is 161. The summed E-state index contributed by atoms with van der Waals surface area (Å²) in [4.78, 5) is 0. The minimum absolute atomic E-state index is 0. The Morgan fingerprint density at radius 3 is 0.427 bits per heavy atom. The van der Waals surface area contributed by atoms with Gasteiger partial charge in [-0.15, -0.1) is 0 Å². The van der Waals surface area contributed by atoms with E-state index >= 15 is 0 Å². The molecule has 0 amide bonds. The molecule has 0 saturated carbocycles. The fourth-order valence-electron chi connectivity index (χ4n) is 14.8. The van der Waals surface area contributed by atoms with Crippen molar-refractivity contribution >= 4 is 102 Å². The zero-order valence-electron chi connectivity index (χ0n) is 69.1. The Kier molecular flexibility index (Phi) is 31.7. The number of hydrogen-bond acceptors (Lipinski definition) is 8. The molecule has 124 heavy (non-hydrogen) atoms. The zero-order valence-corrected chi connectivity index (χ0v) is 72.4. The third-order valence-corrected chi connectivity index (χ3v) is 20.1. The number of halogens is 14. The van der Waals surface area contributed by atoms with Crippen molar-refractivity contribution in [2.45, 2.75) is 52.4 Å². The van der Waals surface area contributed by atoms with Gasteiger partial charge in [-0.05, 0) is 159 Å². The van der Waals surface area contributed by atoms with E-state index < -0.39 is 15.6 Å². The first-order chi connectivity index (χ1) is 58.0. The van der Waals surface area contributed by atoms with Gasteiger partial charge in [0.1, 0.15) is 98.4 Å². The van der Waals surface area contributed by atoms with E-state index in [0.29, 0.717) is 0 Å². The van der Waals surface area contributed by atoms with Crippen LogP contribution in [-0.2, 0) is 52.4 Å². The fourth-order valence-corrected chi connectivity index (χ4v) is 14.8. The predicted molar refractivity (Wildman–Crippen MR) is 468 cm³/mol. The Morgan fingerprint density at radius 1 is 0.185 bits per heavy atom. The number of rotatable bonds is 24. The second-order valence-electron chi connectivity index (χ2n) is 28.8. The van der Waals surface area contributed by atoms with Gasteiger partial charge >= 0.3 is 66.0 Å². The van der Waals surface area contributed by atoms with Crippen molar-refractivity contribution in [3.8, 4) is 46.0 Å². The first kappa shape index (κ1) is 96.3. The molecule has 16 rings (SSSR count). The molecule has 0 aromatic heterocycles. The van der Waals surface area contributed by atoms with Crippen molar-refractivity contribution in [1.29, 1.82) is 0 Å². The van der Waals surface area contributed by atoms with Crippen molar-refractivity contribution in [3.63, 3.8) is 0 Å². The molecular weight excluding hydrogens is 1700 g/mol. The molecule has 656 valence electrons. The second-order valence-corrected chi connectivity index (χ2v) is 32.6. The molecule has 0 aliphatic heterocycles. The molecule has 16 aromatic carbocycles. The molecule has 0 bridgehead atoms. The van der Waals surface area contributed by atoms with Crippen LogP contribution in [0.2, 0.25) is 0 Å². The van der Waals surface area contributed by atoms with Gasteiger partial charge in [-0.1, -0.05) is 194 Å². The molecule has 16 aromatic rings. The predicted octanol–water partition coefficient (Wildman–Crippen LogP) is 17.9. The minimum Gasteiger partial charge on any atom is -1.00 e. The molecule has 0 radical (unpaired) electrons. The van der Waals surface area contributed by atoms with Gasteiger partial charge in [0.25, 0.3) is 0 Å². The maximum absolute atomic E-state index is 10.7. The van der Waals surface area contributed by atoms with Gasteiger partial charge in [0.15, 0.2) is 0 Å². The van der Waals surface area contributed by atoms with Gasteiger partial charge in [-0.3, -0.25) is 0 Å². The Morgan fingerprint density at radius 2 is 0.306 bits per heavy atom. The number of fused-ring (bicyclic) bond motifs is 8. The SMILES string of the molecule is COc1cc(C[NH2+]Cc2c3ccccc3cc3ccccc23)cc(OC)c1.COc1cc(C[NH2+]Cc2c3ccccc3cc3ccccc23)cc(OC)c1.COc1cc(C[NH2+]Cc2c3ccccc3cc3ccccc23)cc(OC)c1.COc1cc(C[NH2+]Cc2c3ccccc3cc3ccccc23)cc(OC)c1.F[P-](F)(F)(F)(F)F.F[P-](F)(F)(F)(F)F.[Cl-].[Cl-]. The van der Waals surface area contributed by atoms with E-state index in [1.807, 2.05) is 24.3 Å². The maximum atomic E-state index is 9.87. The fraction of sp³-hybridized carbons (Fsp3) is 0.167. The Hall–Kier alpha value is -11.6. The number of benzene rings is 16. The minimum atomic E-state index is -10.7. The quantitative estimate of drug-likeness (QED) is 0.0266. The molecule has 0 atom stereocenters. The van der Waals surface area contributed by atoms with E-state index in [2.05, 4.69) is 288 Å². The first-order valence-corrected chi connectivity index (χ1v) is 42.9. The van der Waals surface area contributed by atoms with E-state index in [4.69, 9.17) is 37.9 Å². The smallest absolute Gasteiger partial charge is 1.00 e. The van der Waals surface area contributed by atoms with Crippen LogP contribution in [0, 0.1) is 0 Å². The van der Waals surface area contributed by atoms with Crippen molar-refractivity contribution < 1.29 is 134 Å². The summed E-state index contributed by atoms with van der Waals surface area (Å²) in [7, 11) is -7.83. The summed E-state index contributed by atoms with van der Waals surface area (Å²) in [6, 6.07) is 102. The van der Waals surface area contributed by atoms with E-state index in [0.717, 1.165) is 98.4 Å². The van der Waals surface area contributed by atoms with Gasteiger partial charge in [0.05, 0.1) is 56.9 Å². The first-order valence-electron chi connectivity index (χ1n) is 38.9. The molecule has 0 aliphatic rings. The number of hydrogen-bond donors (Lipinski definition) is 4. The summed E-state index contributed by atoms with van der Waals surface area (Å²) in [6.45, 7) is 7.14. The van der Waals surface area contributed by atoms with Gasteiger partial charge in [-0.2, -0.15) is 0 Å². The van der Waals surface area contributed by atoms with Crippen LogP contribution in [-0.4, -0.2) is 56.9 Å². The van der Waals surface area contributed by atoms with Gasteiger partial charge in [0.2, 0.25) is 0 Å². The van der Waals surface area contributed by atoms with E-state index in [9.17, 15) is 50.4 Å². The van der Waals surface area contributed by atoms with E-state index in [1.54, 1.807) is 56.9 Å². The van der Waals surface area contributed by atoms with E-state index in [-0.39, 0.29) is 24.8 Å². The van der Waals surface area contributed by atoms with E-state index in [1.165, 1.54) is 131 Å². The molecule has 0 spiro atoms. The number of ether oxygens (including phenoxy) is 8. The molecule has 0 aliphatic carbocycles. The summed E-state index contributed by atoms with van der Waals surface area (Å²) in [5, 5.41) is 30.3. The van der Waals surface area contributed by atoms with Crippen molar-refractivity contribution in [3.05, 3.63) is 336 Å². The third kappa shape index (κ3) is 29.3. The van der Waals surface area contributed by atoms with Crippen LogP contribution in [0.25, 0.3) is 86.2 Å². The van der Waals surface area contributed by atoms with Crippen LogP contribution in [0.4, 0.5) is 50.4 Å². The van der Waals surface area contributed by atoms with Crippen LogP contribution < -0.4 is 84.0 Å². The molecule has 28 heteroatoms. The molecule has 0 fully saturated rings. The van der Waals surface area contributed by atoms with Crippen LogP contribution >= 0.6 is 15.6 Å². The van der Waals surface area contributed by atoms with Gasteiger partial charge in [0, 0.05) is 68.8 Å². The standard InChI is InChI=1S/4C24H23NO2.2ClH.2F6P/c4*1-26-20-11-17(12-21(14-20)27-2)15-25-16-24-22-9-5-3-7-18(22)13-19-8-4-6-10-23(19)24;;;2*1-7(2,3,4,5)6/h4*3-14,25H,15-16H2,1-2H3;2*1H;;/q;;;;;;2*-1/p+2. The largest absolute Gasteiger partial charge is 1.00 e. The van der Waals surface area contributed by atoms with Crippen molar-refractivity contribution in [2.75, 3.05) is 56.9 Å². The molecule has 12 nitrogen and oxygen atoms in total. The van der Waals surface area contributed by atoms with Crippen LogP contribution in [0.5, 0.6) is 46.0 Å². The monoisotopic (exact) mass is 1790 g/mol. The van der Waals surface area contributed by atoms with Crippen molar-refractivity contribution in [1.82, 2.24) is 0 Å². The molecule has 0 saturated heterocycles. The topological polar surface area (TPSA) is 140 Å². The second kappa shape index (κ2) is 40.8. The maximum Gasteiger partial charge on any atom is -1.00 e.